The molecule has 4 heteroatoms. The zero-order valence-corrected chi connectivity index (χ0v) is 5.56. The summed E-state index contributed by atoms with van der Waals surface area (Å²) in [5.74, 6) is -0.328. The summed E-state index contributed by atoms with van der Waals surface area (Å²) in [6.07, 6.45) is -1.66. The Hall–Kier alpha value is -0.740. The van der Waals surface area contributed by atoms with E-state index in [9.17, 15) is 0 Å². The molecule has 58 valence electrons. The normalized spacial score (nSPS) is 40.3. The van der Waals surface area contributed by atoms with Crippen molar-refractivity contribution < 1.29 is 20.1 Å². The van der Waals surface area contributed by atoms with E-state index in [1.165, 1.54) is 0 Å². The maximum Gasteiger partial charge on any atom is 0.158 e. The number of aliphatic hydroxyl groups excluding tert-OH is 3. The molecular formula is C6H10O4. The smallest absolute Gasteiger partial charge is 0.158 e. The van der Waals surface area contributed by atoms with E-state index in [-0.39, 0.29) is 5.76 Å². The molecule has 1 rings (SSSR count). The van der Waals surface area contributed by atoms with Crippen molar-refractivity contribution in [2.45, 2.75) is 25.2 Å². The van der Waals surface area contributed by atoms with E-state index >= 15 is 0 Å². The van der Waals surface area contributed by atoms with Gasteiger partial charge in [0, 0.05) is 0 Å². The Kier molecular flexibility index (Phi) is 1.82. The fourth-order valence-electron chi connectivity index (χ4n) is 0.759. The van der Waals surface area contributed by atoms with Gasteiger partial charge in [0.05, 0.1) is 0 Å². The second-order valence-corrected chi connectivity index (χ2v) is 2.32. The summed E-state index contributed by atoms with van der Waals surface area (Å²) in [6.45, 7) is 1.61. The molecule has 0 bridgehead atoms. The molecule has 0 saturated carbocycles. The molecule has 0 radical (unpaired) electrons. The fraction of sp³-hybridized carbons (Fsp3) is 0.667. The summed E-state index contributed by atoms with van der Waals surface area (Å²) in [4.78, 5) is 0. The molecule has 0 fully saturated rings. The van der Waals surface area contributed by atoms with E-state index in [0.29, 0.717) is 0 Å². The second-order valence-electron chi connectivity index (χ2n) is 2.32. The van der Waals surface area contributed by atoms with E-state index in [0.717, 1.165) is 6.26 Å². The molecule has 1 aliphatic heterocycles. The Morgan fingerprint density at radius 3 is 2.60 bits per heavy atom. The Morgan fingerprint density at radius 2 is 2.10 bits per heavy atom. The Morgan fingerprint density at radius 1 is 1.50 bits per heavy atom. The third kappa shape index (κ3) is 1.08. The maximum atomic E-state index is 9.04. The van der Waals surface area contributed by atoms with Crippen molar-refractivity contribution >= 4 is 0 Å². The third-order valence-electron chi connectivity index (χ3n) is 1.51. The highest BCUT2D eigenvalue weighted by Crippen LogP contribution is 2.15. The fourth-order valence-corrected chi connectivity index (χ4v) is 0.759. The van der Waals surface area contributed by atoms with Crippen LogP contribution in [0.3, 0.4) is 0 Å². The summed E-state index contributed by atoms with van der Waals surface area (Å²) in [5, 5.41) is 26.8. The molecule has 1 heterocycles. The van der Waals surface area contributed by atoms with Crippen molar-refractivity contribution in [3.8, 4) is 0 Å². The van der Waals surface area contributed by atoms with Crippen LogP contribution in [0.5, 0.6) is 0 Å². The van der Waals surface area contributed by atoms with Gasteiger partial charge in [-0.25, -0.2) is 0 Å². The van der Waals surface area contributed by atoms with Gasteiger partial charge in [0.25, 0.3) is 0 Å². The molecular weight excluding hydrogens is 136 g/mol. The van der Waals surface area contributed by atoms with Gasteiger partial charge in [0.15, 0.2) is 5.76 Å². The minimum atomic E-state index is -1.20. The van der Waals surface area contributed by atoms with Crippen LogP contribution < -0.4 is 0 Å². The molecule has 4 nitrogen and oxygen atoms in total. The average molecular weight is 146 g/mol. The molecule has 0 aromatic heterocycles. The predicted octanol–water partition coefficient (Wildman–Crippen LogP) is -0.474. The highest BCUT2D eigenvalue weighted by atomic mass is 16.5. The van der Waals surface area contributed by atoms with Crippen LogP contribution in [0.15, 0.2) is 12.0 Å². The topological polar surface area (TPSA) is 69.9 Å². The third-order valence-corrected chi connectivity index (χ3v) is 1.51. The first kappa shape index (κ1) is 7.37. The maximum absolute atomic E-state index is 9.04. The quantitative estimate of drug-likeness (QED) is 0.432. The lowest BCUT2D eigenvalue weighted by atomic mass is 10.1. The van der Waals surface area contributed by atoms with E-state index in [1.54, 1.807) is 6.92 Å². The van der Waals surface area contributed by atoms with Crippen molar-refractivity contribution in [3.63, 3.8) is 0 Å². The molecule has 1 aliphatic rings. The molecule has 10 heavy (non-hydrogen) atoms. The highest BCUT2D eigenvalue weighted by molar-refractivity contribution is 5.02. The van der Waals surface area contributed by atoms with E-state index < -0.39 is 18.3 Å². The van der Waals surface area contributed by atoms with Crippen LogP contribution in [-0.2, 0) is 4.74 Å². The van der Waals surface area contributed by atoms with Crippen molar-refractivity contribution in [1.82, 2.24) is 0 Å². The SMILES string of the molecule is CC1OC=C(O)C(O)C1O. The summed E-state index contributed by atoms with van der Waals surface area (Å²) >= 11 is 0. The predicted molar refractivity (Wildman–Crippen MR) is 33.3 cm³/mol. The van der Waals surface area contributed by atoms with Gasteiger partial charge in [0.1, 0.15) is 24.6 Å². The van der Waals surface area contributed by atoms with Gasteiger partial charge in [-0.1, -0.05) is 0 Å². The number of aliphatic hydroxyl groups is 3. The Balaban J connectivity index is 2.71. The minimum Gasteiger partial charge on any atom is -0.506 e. The largest absolute Gasteiger partial charge is 0.506 e. The summed E-state index contributed by atoms with van der Waals surface area (Å²) in [7, 11) is 0. The molecule has 0 amide bonds. The first-order valence-corrected chi connectivity index (χ1v) is 3.03. The van der Waals surface area contributed by atoms with Gasteiger partial charge in [-0.3, -0.25) is 0 Å². The number of ether oxygens (including phenoxy) is 1. The summed E-state index contributed by atoms with van der Waals surface area (Å²) in [6, 6.07) is 0. The van der Waals surface area contributed by atoms with Crippen molar-refractivity contribution in [3.05, 3.63) is 12.0 Å². The number of hydrogen-bond acceptors (Lipinski definition) is 4. The zero-order chi connectivity index (χ0) is 7.72. The lowest BCUT2D eigenvalue weighted by Gasteiger charge is -2.27. The number of rotatable bonds is 0. The molecule has 0 aliphatic carbocycles. The molecule has 3 unspecified atom stereocenters. The number of hydrogen-bond donors (Lipinski definition) is 3. The zero-order valence-electron chi connectivity index (χ0n) is 5.56. The second kappa shape index (κ2) is 2.48. The first-order chi connectivity index (χ1) is 4.63. The van der Waals surface area contributed by atoms with Crippen LogP contribution >= 0.6 is 0 Å². The van der Waals surface area contributed by atoms with Gasteiger partial charge in [0.2, 0.25) is 0 Å². The molecule has 0 saturated heterocycles. The van der Waals surface area contributed by atoms with Gasteiger partial charge >= 0.3 is 0 Å². The van der Waals surface area contributed by atoms with Crippen molar-refractivity contribution in [2.24, 2.45) is 0 Å². The van der Waals surface area contributed by atoms with Gasteiger partial charge in [-0.2, -0.15) is 0 Å². The van der Waals surface area contributed by atoms with Gasteiger partial charge in [-0.05, 0) is 6.92 Å². The standard InChI is InChI=1S/C6H10O4/c1-3-5(8)6(9)4(7)2-10-3/h2-3,5-9H,1H3. The molecule has 0 aromatic rings. The van der Waals surface area contributed by atoms with Crippen LogP contribution in [0.4, 0.5) is 0 Å². The van der Waals surface area contributed by atoms with Crippen LogP contribution in [0.25, 0.3) is 0 Å². The summed E-state index contributed by atoms with van der Waals surface area (Å²) in [5.41, 5.74) is 0. The average Bonchev–Trinajstić information content (AvgIpc) is 1.93. The van der Waals surface area contributed by atoms with Gasteiger partial charge < -0.3 is 20.1 Å². The summed E-state index contributed by atoms with van der Waals surface area (Å²) < 4.78 is 4.75. The highest BCUT2D eigenvalue weighted by Gasteiger charge is 2.30. The Labute approximate surface area is 58.4 Å². The van der Waals surface area contributed by atoms with Crippen LogP contribution in [-0.4, -0.2) is 33.6 Å². The van der Waals surface area contributed by atoms with Crippen LogP contribution in [0, 0.1) is 0 Å². The lowest BCUT2D eigenvalue weighted by Crippen LogP contribution is -2.40. The van der Waals surface area contributed by atoms with Crippen LogP contribution in [0.2, 0.25) is 0 Å². The molecule has 0 aromatic carbocycles. The van der Waals surface area contributed by atoms with E-state index in [2.05, 4.69) is 0 Å². The van der Waals surface area contributed by atoms with Crippen molar-refractivity contribution in [1.29, 1.82) is 0 Å². The van der Waals surface area contributed by atoms with E-state index in [4.69, 9.17) is 20.1 Å². The molecule has 0 spiro atoms. The van der Waals surface area contributed by atoms with E-state index in [1.807, 2.05) is 0 Å². The van der Waals surface area contributed by atoms with Gasteiger partial charge in [-0.15, -0.1) is 0 Å². The first-order valence-electron chi connectivity index (χ1n) is 3.03. The lowest BCUT2D eigenvalue weighted by molar-refractivity contribution is -0.0785. The van der Waals surface area contributed by atoms with Crippen molar-refractivity contribution in [2.75, 3.05) is 0 Å². The monoisotopic (exact) mass is 146 g/mol. The molecule has 3 atom stereocenters. The molecule has 3 N–H and O–H groups in total. The van der Waals surface area contributed by atoms with Crippen LogP contribution in [0.1, 0.15) is 6.92 Å². The minimum absolute atomic E-state index is 0.328. The Bertz CT molecular complexity index is 154.